The van der Waals surface area contributed by atoms with Crippen molar-refractivity contribution >= 4 is 28.9 Å². The maximum absolute atomic E-state index is 14.0. The van der Waals surface area contributed by atoms with E-state index in [1.807, 2.05) is 18.2 Å². The van der Waals surface area contributed by atoms with Gasteiger partial charge in [0.05, 0.1) is 15.7 Å². The number of piperidine rings is 1. The Morgan fingerprint density at radius 1 is 1.08 bits per heavy atom. The third-order valence-corrected chi connectivity index (χ3v) is 5.13. The van der Waals surface area contributed by atoms with Crippen LogP contribution >= 0.6 is 23.2 Å². The second-order valence-electron chi connectivity index (χ2n) is 6.62. The summed E-state index contributed by atoms with van der Waals surface area (Å²) in [5.41, 5.74) is 1.40. The van der Waals surface area contributed by atoms with Gasteiger partial charge >= 0.3 is 0 Å². The first-order chi connectivity index (χ1) is 11.4. The van der Waals surface area contributed by atoms with Crippen LogP contribution in [0.1, 0.15) is 18.9 Å². The van der Waals surface area contributed by atoms with Gasteiger partial charge in [-0.25, -0.2) is 8.78 Å². The SMILES string of the molecule is CC1CC(Cc2ccc(F)cc2F)CN(c2c(Cl)cccc2Cl)C1. The third-order valence-electron chi connectivity index (χ3n) is 4.52. The second-order valence-corrected chi connectivity index (χ2v) is 7.44. The van der Waals surface area contributed by atoms with Crippen LogP contribution in [0.15, 0.2) is 36.4 Å². The lowest BCUT2D eigenvalue weighted by molar-refractivity contribution is 0.331. The van der Waals surface area contributed by atoms with Crippen LogP contribution in [0.5, 0.6) is 0 Å². The summed E-state index contributed by atoms with van der Waals surface area (Å²) in [7, 11) is 0. The fourth-order valence-corrected chi connectivity index (χ4v) is 4.24. The number of para-hydroxylation sites is 1. The molecule has 0 amide bonds. The number of nitrogens with zero attached hydrogens (tertiary/aromatic N) is 1. The molecule has 1 aliphatic rings. The maximum Gasteiger partial charge on any atom is 0.129 e. The molecule has 24 heavy (non-hydrogen) atoms. The van der Waals surface area contributed by atoms with Crippen LogP contribution in [-0.4, -0.2) is 13.1 Å². The van der Waals surface area contributed by atoms with Crippen LogP contribution in [-0.2, 0) is 6.42 Å². The molecule has 0 spiro atoms. The Morgan fingerprint density at radius 3 is 2.46 bits per heavy atom. The van der Waals surface area contributed by atoms with E-state index < -0.39 is 11.6 Å². The summed E-state index contributed by atoms with van der Waals surface area (Å²) in [6, 6.07) is 9.29. The van der Waals surface area contributed by atoms with Crippen LogP contribution in [0.25, 0.3) is 0 Å². The van der Waals surface area contributed by atoms with Gasteiger partial charge in [-0.15, -0.1) is 0 Å². The van der Waals surface area contributed by atoms with E-state index in [4.69, 9.17) is 23.2 Å². The van der Waals surface area contributed by atoms with E-state index in [9.17, 15) is 8.78 Å². The van der Waals surface area contributed by atoms with Gasteiger partial charge in [0.1, 0.15) is 11.6 Å². The lowest BCUT2D eigenvalue weighted by atomic mass is 9.85. The minimum atomic E-state index is -0.544. The molecule has 1 fully saturated rings. The molecule has 3 rings (SSSR count). The summed E-state index contributed by atoms with van der Waals surface area (Å²) >= 11 is 12.7. The Labute approximate surface area is 151 Å². The van der Waals surface area contributed by atoms with E-state index in [2.05, 4.69) is 11.8 Å². The van der Waals surface area contributed by atoms with E-state index >= 15 is 0 Å². The lowest BCUT2D eigenvalue weighted by Gasteiger charge is -2.39. The van der Waals surface area contributed by atoms with E-state index in [1.54, 1.807) is 0 Å². The molecule has 128 valence electrons. The van der Waals surface area contributed by atoms with Crippen LogP contribution in [0.4, 0.5) is 14.5 Å². The van der Waals surface area contributed by atoms with Crippen molar-refractivity contribution in [1.82, 2.24) is 0 Å². The summed E-state index contributed by atoms with van der Waals surface area (Å²) in [6.45, 7) is 3.79. The molecule has 2 aromatic carbocycles. The smallest absolute Gasteiger partial charge is 0.129 e. The van der Waals surface area contributed by atoms with Crippen LogP contribution in [0, 0.1) is 23.5 Å². The standard InChI is InChI=1S/C19H19Cl2F2N/c1-12-7-13(8-14-5-6-15(22)9-18(14)23)11-24(10-12)19-16(20)3-2-4-17(19)21/h2-6,9,12-13H,7-8,10-11H2,1H3. The molecule has 0 radical (unpaired) electrons. The second kappa shape index (κ2) is 7.28. The van der Waals surface area contributed by atoms with Gasteiger partial charge in [0, 0.05) is 19.2 Å². The van der Waals surface area contributed by atoms with Gasteiger partial charge in [0.2, 0.25) is 0 Å². The third kappa shape index (κ3) is 3.84. The minimum Gasteiger partial charge on any atom is -0.369 e. The van der Waals surface area contributed by atoms with Gasteiger partial charge in [-0.05, 0) is 48.4 Å². The highest BCUT2D eigenvalue weighted by Crippen LogP contribution is 2.37. The Bertz CT molecular complexity index is 715. The fourth-order valence-electron chi connectivity index (χ4n) is 3.60. The first kappa shape index (κ1) is 17.5. The molecule has 1 nitrogen and oxygen atoms in total. The van der Waals surface area contributed by atoms with Gasteiger partial charge < -0.3 is 4.90 Å². The molecule has 0 saturated carbocycles. The minimum absolute atomic E-state index is 0.265. The van der Waals surface area contributed by atoms with Crippen molar-refractivity contribution in [3.63, 3.8) is 0 Å². The Hall–Kier alpha value is -1.32. The topological polar surface area (TPSA) is 3.24 Å². The highest BCUT2D eigenvalue weighted by atomic mass is 35.5. The van der Waals surface area contributed by atoms with Gasteiger partial charge in [-0.1, -0.05) is 42.3 Å². The van der Waals surface area contributed by atoms with Crippen molar-refractivity contribution in [2.24, 2.45) is 11.8 Å². The number of anilines is 1. The summed E-state index contributed by atoms with van der Waals surface area (Å²) in [4.78, 5) is 2.19. The zero-order valence-corrected chi connectivity index (χ0v) is 14.9. The molecule has 5 heteroatoms. The molecule has 2 aromatic rings. The Morgan fingerprint density at radius 2 is 1.79 bits per heavy atom. The number of benzene rings is 2. The molecule has 0 bridgehead atoms. The van der Waals surface area contributed by atoms with E-state index in [0.717, 1.165) is 31.3 Å². The van der Waals surface area contributed by atoms with E-state index in [1.165, 1.54) is 12.1 Å². The molecular formula is C19H19Cl2F2N. The molecule has 2 atom stereocenters. The normalized spacial score (nSPS) is 21.1. The van der Waals surface area contributed by atoms with Crippen molar-refractivity contribution in [3.8, 4) is 0 Å². The number of hydrogen-bond acceptors (Lipinski definition) is 1. The van der Waals surface area contributed by atoms with Crippen molar-refractivity contribution in [3.05, 3.63) is 63.6 Å². The van der Waals surface area contributed by atoms with E-state index in [0.29, 0.717) is 27.9 Å². The predicted molar refractivity (Wildman–Crippen MR) is 96.0 cm³/mol. The first-order valence-electron chi connectivity index (χ1n) is 8.07. The van der Waals surface area contributed by atoms with Crippen LogP contribution in [0.3, 0.4) is 0 Å². The average molecular weight is 370 g/mol. The number of hydrogen-bond donors (Lipinski definition) is 0. The molecule has 0 aliphatic carbocycles. The summed E-state index contributed by atoms with van der Waals surface area (Å²) in [6.07, 6.45) is 1.57. The Balaban J connectivity index is 1.81. The van der Waals surface area contributed by atoms with Crippen LogP contribution in [0.2, 0.25) is 10.0 Å². The van der Waals surface area contributed by atoms with Crippen LogP contribution < -0.4 is 4.90 Å². The summed E-state index contributed by atoms with van der Waals surface area (Å²) < 4.78 is 27.0. The van der Waals surface area contributed by atoms with Crippen molar-refractivity contribution in [1.29, 1.82) is 0 Å². The molecule has 0 aromatic heterocycles. The van der Waals surface area contributed by atoms with E-state index in [-0.39, 0.29) is 5.92 Å². The molecule has 1 saturated heterocycles. The summed E-state index contributed by atoms with van der Waals surface area (Å²) in [5.74, 6) is -0.311. The van der Waals surface area contributed by atoms with Gasteiger partial charge in [-0.3, -0.25) is 0 Å². The zero-order chi connectivity index (χ0) is 17.3. The highest BCUT2D eigenvalue weighted by molar-refractivity contribution is 6.39. The van der Waals surface area contributed by atoms with Gasteiger partial charge in [0.25, 0.3) is 0 Å². The summed E-state index contributed by atoms with van der Waals surface area (Å²) in [5, 5.41) is 1.26. The largest absolute Gasteiger partial charge is 0.369 e. The number of halogens is 4. The molecular weight excluding hydrogens is 351 g/mol. The molecule has 2 unspecified atom stereocenters. The number of rotatable bonds is 3. The molecule has 1 heterocycles. The highest BCUT2D eigenvalue weighted by Gasteiger charge is 2.28. The maximum atomic E-state index is 14.0. The molecule has 1 aliphatic heterocycles. The lowest BCUT2D eigenvalue weighted by Crippen LogP contribution is -2.40. The van der Waals surface area contributed by atoms with Crippen molar-refractivity contribution < 1.29 is 8.78 Å². The first-order valence-corrected chi connectivity index (χ1v) is 8.82. The monoisotopic (exact) mass is 369 g/mol. The molecule has 0 N–H and O–H groups in total. The fraction of sp³-hybridized carbons (Fsp3) is 0.368. The van der Waals surface area contributed by atoms with Crippen molar-refractivity contribution in [2.45, 2.75) is 19.8 Å². The zero-order valence-electron chi connectivity index (χ0n) is 13.4. The quantitative estimate of drug-likeness (QED) is 0.643. The predicted octanol–water partition coefficient (Wildman–Crippen LogP) is 5.98. The van der Waals surface area contributed by atoms with Gasteiger partial charge in [-0.2, -0.15) is 0 Å². The average Bonchev–Trinajstić information content (AvgIpc) is 2.49. The van der Waals surface area contributed by atoms with Crippen molar-refractivity contribution in [2.75, 3.05) is 18.0 Å². The Kier molecular flexibility index (Phi) is 5.31. The van der Waals surface area contributed by atoms with Gasteiger partial charge in [0.15, 0.2) is 0 Å².